The maximum absolute atomic E-state index is 11.9. The van der Waals surface area contributed by atoms with Gasteiger partial charge in [0.15, 0.2) is 0 Å². The summed E-state index contributed by atoms with van der Waals surface area (Å²) in [6, 6.07) is 8.21. The normalized spacial score (nSPS) is 24.6. The largest absolute Gasteiger partial charge is 0.374 e. The Morgan fingerprint density at radius 2 is 1.66 bits per heavy atom. The number of imide groups is 1. The molecule has 1 aromatic carbocycles. The van der Waals surface area contributed by atoms with Crippen molar-refractivity contribution in [2.75, 3.05) is 38.0 Å². The number of halogens is 1. The average Bonchev–Trinajstić information content (AvgIpc) is 2.72. The second-order valence-electron chi connectivity index (χ2n) is 8.54. The summed E-state index contributed by atoms with van der Waals surface area (Å²) in [4.78, 5) is 25.8. The summed E-state index contributed by atoms with van der Waals surface area (Å²) in [5.41, 5.74) is 2.34. The molecule has 1 unspecified atom stereocenters. The van der Waals surface area contributed by atoms with E-state index < -0.39 is 0 Å². The van der Waals surface area contributed by atoms with Gasteiger partial charge in [-0.15, -0.1) is 12.4 Å². The van der Waals surface area contributed by atoms with Gasteiger partial charge in [0.05, 0.1) is 0 Å². The highest BCUT2D eigenvalue weighted by molar-refractivity contribution is 6.01. The van der Waals surface area contributed by atoms with E-state index >= 15 is 0 Å². The summed E-state index contributed by atoms with van der Waals surface area (Å²) in [6.45, 7) is 6.03. The van der Waals surface area contributed by atoms with Gasteiger partial charge in [-0.05, 0) is 87.8 Å². The minimum Gasteiger partial charge on any atom is -0.374 e. The second kappa shape index (κ2) is 10.4. The molecule has 6 nitrogen and oxygen atoms in total. The standard InChI is InChI=1S/C22H32N4O2.ClH/c27-21-6-5-20(22(28)25-21)24-19-3-1-17(2-4-19)18-9-13-26(14-10-18)15-16-7-11-23-12-8-16;/h1-4,16,18,20,23-24H,5-15H2,(H,25,27,28);1H. The van der Waals surface area contributed by atoms with Crippen LogP contribution < -0.4 is 16.0 Å². The van der Waals surface area contributed by atoms with Gasteiger partial charge >= 0.3 is 0 Å². The van der Waals surface area contributed by atoms with E-state index in [1.54, 1.807) is 0 Å². The first-order valence-corrected chi connectivity index (χ1v) is 10.8. The molecule has 0 radical (unpaired) electrons. The zero-order valence-electron chi connectivity index (χ0n) is 17.0. The number of nitrogens with zero attached hydrogens (tertiary/aromatic N) is 1. The third-order valence-electron chi connectivity index (χ3n) is 6.52. The predicted octanol–water partition coefficient (Wildman–Crippen LogP) is 2.50. The molecule has 3 aliphatic heterocycles. The zero-order chi connectivity index (χ0) is 19.3. The molecular formula is C22H33ClN4O2. The molecule has 1 aromatic rings. The molecule has 0 bridgehead atoms. The predicted molar refractivity (Wildman–Crippen MR) is 117 cm³/mol. The third kappa shape index (κ3) is 5.93. The SMILES string of the molecule is Cl.O=C1CCC(Nc2ccc(C3CCN(CC4CCNCC4)CC3)cc2)C(=O)N1. The molecule has 3 N–H and O–H groups in total. The number of rotatable bonds is 5. The molecule has 3 aliphatic rings. The van der Waals surface area contributed by atoms with Gasteiger partial charge in [-0.25, -0.2) is 0 Å². The lowest BCUT2D eigenvalue weighted by molar-refractivity contribution is -0.133. The minimum absolute atomic E-state index is 0. The van der Waals surface area contributed by atoms with Crippen LogP contribution in [0.5, 0.6) is 0 Å². The van der Waals surface area contributed by atoms with Crippen LogP contribution in [-0.4, -0.2) is 55.5 Å². The average molecular weight is 421 g/mol. The molecule has 0 saturated carbocycles. The Hall–Kier alpha value is -1.63. The molecule has 1 atom stereocenters. The minimum atomic E-state index is -0.318. The molecule has 3 fully saturated rings. The van der Waals surface area contributed by atoms with Gasteiger partial charge in [-0.3, -0.25) is 14.9 Å². The van der Waals surface area contributed by atoms with Crippen molar-refractivity contribution in [3.8, 4) is 0 Å². The van der Waals surface area contributed by atoms with Crippen LogP contribution >= 0.6 is 12.4 Å². The Morgan fingerprint density at radius 1 is 0.966 bits per heavy atom. The number of nitrogens with one attached hydrogen (secondary N) is 3. The molecule has 0 aromatic heterocycles. The van der Waals surface area contributed by atoms with Gasteiger partial charge < -0.3 is 15.5 Å². The highest BCUT2D eigenvalue weighted by Gasteiger charge is 2.27. The number of likely N-dealkylation sites (tertiary alicyclic amines) is 1. The van der Waals surface area contributed by atoms with Crippen LogP contribution in [0, 0.1) is 5.92 Å². The van der Waals surface area contributed by atoms with E-state index in [0.717, 1.165) is 11.6 Å². The van der Waals surface area contributed by atoms with Crippen molar-refractivity contribution in [2.24, 2.45) is 5.92 Å². The van der Waals surface area contributed by atoms with Crippen LogP contribution in [-0.2, 0) is 9.59 Å². The Balaban J connectivity index is 0.00000240. The van der Waals surface area contributed by atoms with E-state index in [4.69, 9.17) is 0 Å². The summed E-state index contributed by atoms with van der Waals surface area (Å²) in [6.07, 6.45) is 6.05. The second-order valence-corrected chi connectivity index (χ2v) is 8.54. The smallest absolute Gasteiger partial charge is 0.249 e. The lowest BCUT2D eigenvalue weighted by atomic mass is 9.88. The molecule has 7 heteroatoms. The molecule has 0 spiro atoms. The summed E-state index contributed by atoms with van der Waals surface area (Å²) in [5, 5.41) is 9.11. The number of carbonyl (C=O) groups is 2. The van der Waals surface area contributed by atoms with Gasteiger partial charge in [0.25, 0.3) is 0 Å². The number of anilines is 1. The summed E-state index contributed by atoms with van der Waals surface area (Å²) < 4.78 is 0. The maximum Gasteiger partial charge on any atom is 0.249 e. The molecule has 160 valence electrons. The highest BCUT2D eigenvalue weighted by atomic mass is 35.5. The first-order chi connectivity index (χ1) is 13.7. The first kappa shape index (κ1) is 22.1. The molecule has 4 rings (SSSR count). The lowest BCUT2D eigenvalue weighted by Crippen LogP contribution is -2.47. The Morgan fingerprint density at radius 3 is 2.31 bits per heavy atom. The van der Waals surface area contributed by atoms with Crippen LogP contribution in [0.4, 0.5) is 5.69 Å². The fourth-order valence-corrected chi connectivity index (χ4v) is 4.76. The van der Waals surface area contributed by atoms with Crippen LogP contribution in [0.1, 0.15) is 50.0 Å². The first-order valence-electron chi connectivity index (χ1n) is 10.8. The summed E-state index contributed by atoms with van der Waals surface area (Å²) in [7, 11) is 0. The van der Waals surface area contributed by atoms with Crippen molar-refractivity contribution >= 4 is 29.9 Å². The van der Waals surface area contributed by atoms with E-state index in [2.05, 4.69) is 45.1 Å². The fourth-order valence-electron chi connectivity index (χ4n) is 4.76. The van der Waals surface area contributed by atoms with Crippen LogP contribution in [0.25, 0.3) is 0 Å². The Bertz CT molecular complexity index is 683. The van der Waals surface area contributed by atoms with Gasteiger partial charge in [0, 0.05) is 18.7 Å². The topological polar surface area (TPSA) is 73.5 Å². The molecular weight excluding hydrogens is 388 g/mol. The molecule has 2 amide bonds. The van der Waals surface area contributed by atoms with Crippen LogP contribution in [0.15, 0.2) is 24.3 Å². The van der Waals surface area contributed by atoms with E-state index in [1.165, 1.54) is 64.0 Å². The van der Waals surface area contributed by atoms with E-state index in [-0.39, 0.29) is 30.3 Å². The monoisotopic (exact) mass is 420 g/mol. The molecule has 29 heavy (non-hydrogen) atoms. The number of benzene rings is 1. The quantitative estimate of drug-likeness (QED) is 0.638. The number of amides is 2. The number of piperidine rings is 3. The van der Waals surface area contributed by atoms with E-state index in [9.17, 15) is 9.59 Å². The fraction of sp³-hybridized carbons (Fsp3) is 0.636. The van der Waals surface area contributed by atoms with Gasteiger partial charge in [0.1, 0.15) is 6.04 Å². The summed E-state index contributed by atoms with van der Waals surface area (Å²) in [5.74, 6) is 1.11. The zero-order valence-corrected chi connectivity index (χ0v) is 17.8. The van der Waals surface area contributed by atoms with Crippen molar-refractivity contribution < 1.29 is 9.59 Å². The summed E-state index contributed by atoms with van der Waals surface area (Å²) >= 11 is 0. The van der Waals surface area contributed by atoms with Crippen molar-refractivity contribution in [1.82, 2.24) is 15.5 Å². The van der Waals surface area contributed by atoms with Gasteiger partial charge in [-0.1, -0.05) is 12.1 Å². The van der Waals surface area contributed by atoms with Crippen LogP contribution in [0.2, 0.25) is 0 Å². The van der Waals surface area contributed by atoms with E-state index in [0.29, 0.717) is 18.8 Å². The van der Waals surface area contributed by atoms with Crippen LogP contribution in [0.3, 0.4) is 0 Å². The number of hydrogen-bond acceptors (Lipinski definition) is 5. The molecule has 0 aliphatic carbocycles. The van der Waals surface area contributed by atoms with Crippen molar-refractivity contribution in [1.29, 1.82) is 0 Å². The van der Waals surface area contributed by atoms with Crippen molar-refractivity contribution in [2.45, 2.75) is 50.5 Å². The number of hydrogen-bond donors (Lipinski definition) is 3. The Kier molecular flexibility index (Phi) is 7.92. The Labute approximate surface area is 179 Å². The van der Waals surface area contributed by atoms with Crippen molar-refractivity contribution in [3.05, 3.63) is 29.8 Å². The van der Waals surface area contributed by atoms with Gasteiger partial charge in [0.2, 0.25) is 11.8 Å². The maximum atomic E-state index is 11.9. The lowest BCUT2D eigenvalue weighted by Gasteiger charge is -2.35. The third-order valence-corrected chi connectivity index (χ3v) is 6.52. The van der Waals surface area contributed by atoms with Crippen molar-refractivity contribution in [3.63, 3.8) is 0 Å². The number of carbonyl (C=O) groups excluding carboxylic acids is 2. The van der Waals surface area contributed by atoms with Gasteiger partial charge in [-0.2, -0.15) is 0 Å². The molecule has 3 heterocycles. The van der Waals surface area contributed by atoms with E-state index in [1.807, 2.05) is 0 Å². The highest BCUT2D eigenvalue weighted by Crippen LogP contribution is 2.30. The molecule has 3 saturated heterocycles.